The minimum absolute atomic E-state index is 0.278. The Morgan fingerprint density at radius 3 is 2.92 bits per heavy atom. The van der Waals surface area contributed by atoms with E-state index in [4.69, 9.17) is 9.52 Å². The lowest BCUT2D eigenvalue weighted by molar-refractivity contribution is 0.198. The molecule has 4 heterocycles. The molecule has 1 aromatic carbocycles. The second-order valence-electron chi connectivity index (χ2n) is 6.14. The normalized spacial score (nSPS) is 18.0. The van der Waals surface area contributed by atoms with E-state index in [1.54, 1.807) is 10.7 Å². The zero-order valence-corrected chi connectivity index (χ0v) is 13.0. The topological polar surface area (TPSA) is 66.8 Å². The van der Waals surface area contributed by atoms with Crippen LogP contribution in [0.4, 0.5) is 5.82 Å². The number of β-amino-alcohol motifs (C(OH)–C–C–N with tert-alkyl or cyclic N) is 1. The maximum absolute atomic E-state index is 9.74. The molecule has 120 valence electrons. The maximum Gasteiger partial charge on any atom is 0.155 e. The van der Waals surface area contributed by atoms with Crippen LogP contribution in [-0.2, 0) is 0 Å². The molecule has 1 N–H and O–H groups in total. The molecular weight excluding hydrogens is 304 g/mol. The van der Waals surface area contributed by atoms with Crippen molar-refractivity contribution in [2.45, 2.75) is 12.5 Å². The second-order valence-corrected chi connectivity index (χ2v) is 6.14. The van der Waals surface area contributed by atoms with Crippen LogP contribution in [0.1, 0.15) is 6.42 Å². The van der Waals surface area contributed by atoms with E-state index in [0.29, 0.717) is 6.54 Å². The molecular formula is C18H16N4O2. The second kappa shape index (κ2) is 5.07. The van der Waals surface area contributed by atoms with E-state index < -0.39 is 0 Å². The van der Waals surface area contributed by atoms with Crippen molar-refractivity contribution in [1.82, 2.24) is 14.6 Å². The zero-order chi connectivity index (χ0) is 16.1. The van der Waals surface area contributed by atoms with Gasteiger partial charge in [-0.15, -0.1) is 5.10 Å². The van der Waals surface area contributed by atoms with E-state index in [2.05, 4.69) is 9.88 Å². The van der Waals surface area contributed by atoms with Crippen LogP contribution in [0.5, 0.6) is 0 Å². The summed E-state index contributed by atoms with van der Waals surface area (Å²) in [6, 6.07) is 13.8. The number of fused-ring (bicyclic) bond motifs is 2. The van der Waals surface area contributed by atoms with Gasteiger partial charge in [0.15, 0.2) is 11.4 Å². The number of aromatic nitrogens is 3. The van der Waals surface area contributed by atoms with Crippen LogP contribution in [-0.4, -0.2) is 38.9 Å². The molecule has 1 saturated heterocycles. The average molecular weight is 320 g/mol. The van der Waals surface area contributed by atoms with Crippen molar-refractivity contribution in [2.75, 3.05) is 18.0 Å². The molecule has 1 atom stereocenters. The van der Waals surface area contributed by atoms with Crippen molar-refractivity contribution in [2.24, 2.45) is 0 Å². The molecule has 0 radical (unpaired) electrons. The fourth-order valence-electron chi connectivity index (χ4n) is 3.26. The number of aliphatic hydroxyl groups is 1. The van der Waals surface area contributed by atoms with E-state index in [-0.39, 0.29) is 6.10 Å². The Morgan fingerprint density at radius 1 is 1.17 bits per heavy atom. The summed E-state index contributed by atoms with van der Waals surface area (Å²) in [5.74, 6) is 1.59. The number of para-hydroxylation sites is 1. The summed E-state index contributed by atoms with van der Waals surface area (Å²) in [4.78, 5) is 6.51. The van der Waals surface area contributed by atoms with Gasteiger partial charge < -0.3 is 14.4 Å². The summed E-state index contributed by atoms with van der Waals surface area (Å²) < 4.78 is 7.75. The van der Waals surface area contributed by atoms with Gasteiger partial charge in [0, 0.05) is 18.5 Å². The predicted molar refractivity (Wildman–Crippen MR) is 91.0 cm³/mol. The van der Waals surface area contributed by atoms with Gasteiger partial charge in [0.25, 0.3) is 0 Å². The Bertz CT molecular complexity index is 1000. The highest BCUT2D eigenvalue weighted by atomic mass is 16.3. The van der Waals surface area contributed by atoms with E-state index in [1.165, 1.54) is 0 Å². The number of benzene rings is 1. The van der Waals surface area contributed by atoms with Gasteiger partial charge in [-0.25, -0.2) is 9.50 Å². The first-order valence-corrected chi connectivity index (χ1v) is 8.05. The number of imidazole rings is 1. The van der Waals surface area contributed by atoms with Crippen molar-refractivity contribution in [1.29, 1.82) is 0 Å². The number of aliphatic hydroxyl groups excluding tert-OH is 1. The van der Waals surface area contributed by atoms with Crippen molar-refractivity contribution in [3.8, 4) is 11.5 Å². The van der Waals surface area contributed by atoms with Gasteiger partial charge in [0.05, 0.1) is 12.3 Å². The standard InChI is InChI=1S/C18H16N4O2/c23-13-7-8-21(11-13)18-6-5-17-19-10-14(22(17)20-18)16-9-12-3-1-2-4-15(12)24-16/h1-6,9-10,13,23H,7-8,11H2/t13-/m1/s1. The highest BCUT2D eigenvalue weighted by Gasteiger charge is 2.22. The fraction of sp³-hybridized carbons (Fsp3) is 0.222. The zero-order valence-electron chi connectivity index (χ0n) is 13.0. The molecule has 1 aliphatic heterocycles. The molecule has 4 aromatic rings. The number of furan rings is 1. The number of rotatable bonds is 2. The van der Waals surface area contributed by atoms with Gasteiger partial charge in [0.2, 0.25) is 0 Å². The smallest absolute Gasteiger partial charge is 0.155 e. The lowest BCUT2D eigenvalue weighted by Gasteiger charge is -2.16. The molecule has 5 rings (SSSR count). The van der Waals surface area contributed by atoms with Gasteiger partial charge in [0.1, 0.15) is 17.1 Å². The van der Waals surface area contributed by atoms with E-state index >= 15 is 0 Å². The molecule has 24 heavy (non-hydrogen) atoms. The molecule has 0 bridgehead atoms. The van der Waals surface area contributed by atoms with E-state index in [0.717, 1.165) is 46.9 Å². The number of nitrogens with zero attached hydrogens (tertiary/aromatic N) is 4. The quantitative estimate of drug-likeness (QED) is 0.615. The van der Waals surface area contributed by atoms with Crippen molar-refractivity contribution < 1.29 is 9.52 Å². The first kappa shape index (κ1) is 13.6. The van der Waals surface area contributed by atoms with Gasteiger partial charge in [-0.3, -0.25) is 0 Å². The number of hydrogen-bond acceptors (Lipinski definition) is 5. The lowest BCUT2D eigenvalue weighted by atomic mass is 10.2. The van der Waals surface area contributed by atoms with Crippen LogP contribution in [0.2, 0.25) is 0 Å². The third-order valence-electron chi connectivity index (χ3n) is 4.51. The Morgan fingerprint density at radius 2 is 2.08 bits per heavy atom. The van der Waals surface area contributed by atoms with Crippen molar-refractivity contribution in [3.05, 3.63) is 48.7 Å². The number of anilines is 1. The van der Waals surface area contributed by atoms with Gasteiger partial charge in [-0.1, -0.05) is 18.2 Å². The van der Waals surface area contributed by atoms with Gasteiger partial charge >= 0.3 is 0 Å². The minimum atomic E-state index is -0.278. The highest BCUT2D eigenvalue weighted by molar-refractivity contribution is 5.82. The Labute approximate surface area is 137 Å². The molecule has 0 spiro atoms. The molecule has 1 fully saturated rings. The lowest BCUT2D eigenvalue weighted by Crippen LogP contribution is -2.22. The minimum Gasteiger partial charge on any atom is -0.454 e. The first-order valence-electron chi connectivity index (χ1n) is 8.05. The van der Waals surface area contributed by atoms with Crippen LogP contribution in [0.25, 0.3) is 28.1 Å². The predicted octanol–water partition coefficient (Wildman–Crippen LogP) is 2.71. The summed E-state index contributed by atoms with van der Waals surface area (Å²) in [5.41, 5.74) is 2.44. The van der Waals surface area contributed by atoms with Gasteiger partial charge in [-0.2, -0.15) is 0 Å². The van der Waals surface area contributed by atoms with Crippen molar-refractivity contribution in [3.63, 3.8) is 0 Å². The van der Waals surface area contributed by atoms with Crippen LogP contribution in [0.3, 0.4) is 0 Å². The maximum atomic E-state index is 9.74. The van der Waals surface area contributed by atoms with Crippen LogP contribution >= 0.6 is 0 Å². The van der Waals surface area contributed by atoms with Crippen molar-refractivity contribution >= 4 is 22.4 Å². The Hall–Kier alpha value is -2.86. The summed E-state index contributed by atoms with van der Waals surface area (Å²) in [6.45, 7) is 1.43. The molecule has 0 aliphatic carbocycles. The summed E-state index contributed by atoms with van der Waals surface area (Å²) >= 11 is 0. The third kappa shape index (κ3) is 2.07. The largest absolute Gasteiger partial charge is 0.454 e. The third-order valence-corrected chi connectivity index (χ3v) is 4.51. The molecule has 1 aliphatic rings. The van der Waals surface area contributed by atoms with Crippen LogP contribution in [0.15, 0.2) is 53.1 Å². The van der Waals surface area contributed by atoms with Crippen LogP contribution in [0, 0.1) is 0 Å². The monoisotopic (exact) mass is 320 g/mol. The van der Waals surface area contributed by atoms with E-state index in [9.17, 15) is 5.11 Å². The Balaban J connectivity index is 1.63. The SMILES string of the molecule is O[C@@H]1CCN(c2ccc3ncc(-c4cc5ccccc5o4)n3n2)C1. The van der Waals surface area contributed by atoms with Crippen LogP contribution < -0.4 is 4.90 Å². The molecule has 3 aromatic heterocycles. The highest BCUT2D eigenvalue weighted by Crippen LogP contribution is 2.28. The molecule has 0 amide bonds. The fourth-order valence-corrected chi connectivity index (χ4v) is 3.26. The molecule has 6 heteroatoms. The van der Waals surface area contributed by atoms with Gasteiger partial charge in [-0.05, 0) is 30.7 Å². The number of hydrogen-bond donors (Lipinski definition) is 1. The first-order chi connectivity index (χ1) is 11.8. The molecule has 6 nitrogen and oxygen atoms in total. The average Bonchev–Trinajstić information content (AvgIpc) is 3.30. The summed E-state index contributed by atoms with van der Waals surface area (Å²) in [6.07, 6.45) is 2.28. The van der Waals surface area contributed by atoms with E-state index in [1.807, 2.05) is 42.5 Å². The molecule has 0 unspecified atom stereocenters. The Kier molecular flexibility index (Phi) is 2.87. The molecule has 0 saturated carbocycles. The summed E-state index contributed by atoms with van der Waals surface area (Å²) in [5, 5.41) is 15.5. The summed E-state index contributed by atoms with van der Waals surface area (Å²) in [7, 11) is 0.